The molecule has 0 aromatic rings. The van der Waals surface area contributed by atoms with E-state index in [9.17, 15) is 9.90 Å². The van der Waals surface area contributed by atoms with Crippen LogP contribution in [0.5, 0.6) is 0 Å². The molecule has 0 saturated carbocycles. The molecule has 3 N–H and O–H groups in total. The maximum Gasteiger partial charge on any atom is 0.134 e. The average Bonchev–Trinajstić information content (AvgIpc) is 1.88. The van der Waals surface area contributed by atoms with Crippen LogP contribution in [0.15, 0.2) is 0 Å². The van der Waals surface area contributed by atoms with Crippen molar-refractivity contribution in [3.8, 4) is 0 Å². The van der Waals surface area contributed by atoms with Gasteiger partial charge in [-0.3, -0.25) is 0 Å². The van der Waals surface area contributed by atoms with Gasteiger partial charge in [0.05, 0.1) is 11.7 Å². The molecule has 0 unspecified atom stereocenters. The van der Waals surface area contributed by atoms with Crippen molar-refractivity contribution in [2.75, 3.05) is 11.5 Å². The summed E-state index contributed by atoms with van der Waals surface area (Å²) in [6.07, 6.45) is 1.07. The van der Waals surface area contributed by atoms with Crippen LogP contribution >= 0.6 is 11.8 Å². The van der Waals surface area contributed by atoms with E-state index in [1.165, 1.54) is 0 Å². The number of carboxylic acid groups (broad SMARTS) is 1. The third-order valence-electron chi connectivity index (χ3n) is 1.00. The van der Waals surface area contributed by atoms with Crippen LogP contribution in [0.25, 0.3) is 0 Å². The van der Waals surface area contributed by atoms with Crippen molar-refractivity contribution >= 4 is 17.7 Å². The Morgan fingerprint density at radius 3 is 2.80 bits per heavy atom. The number of hydrogen-bond donors (Lipinski definition) is 1. The van der Waals surface area contributed by atoms with Crippen LogP contribution in [0.2, 0.25) is 0 Å². The molecule has 3 nitrogen and oxygen atoms in total. The predicted molar refractivity (Wildman–Crippen MR) is 39.3 cm³/mol. The van der Waals surface area contributed by atoms with Gasteiger partial charge in [-0.25, -0.2) is 0 Å². The van der Waals surface area contributed by atoms with E-state index in [1.807, 2.05) is 0 Å². The molecule has 0 rings (SSSR count). The minimum Gasteiger partial charge on any atom is -0.544 e. The average molecular weight is 163 g/mol. The molecule has 0 aliphatic heterocycles. The summed E-state index contributed by atoms with van der Waals surface area (Å²) in [7, 11) is 0. The summed E-state index contributed by atoms with van der Waals surface area (Å²) in [5, 5.41) is 10.1. The molecule has 0 saturated heterocycles. The van der Waals surface area contributed by atoms with E-state index in [-0.39, 0.29) is 0 Å². The zero-order chi connectivity index (χ0) is 7.98. The molecule has 0 amide bonds. The van der Waals surface area contributed by atoms with E-state index in [0.29, 0.717) is 5.75 Å². The van der Waals surface area contributed by atoms with Gasteiger partial charge in [0.1, 0.15) is 6.04 Å². The highest BCUT2D eigenvalue weighted by molar-refractivity contribution is 7.99. The van der Waals surface area contributed by atoms with Crippen molar-refractivity contribution in [1.82, 2.24) is 0 Å². The number of carbonyl (C=O) groups excluding carboxylic acids is 1. The fourth-order valence-corrected chi connectivity index (χ4v) is 1.31. The fourth-order valence-electron chi connectivity index (χ4n) is 0.438. The molecule has 4 heteroatoms. The molecule has 0 fully saturated rings. The lowest BCUT2D eigenvalue weighted by Crippen LogP contribution is -2.69. The summed E-state index contributed by atoms with van der Waals surface area (Å²) in [4.78, 5) is 10.1. The van der Waals surface area contributed by atoms with Gasteiger partial charge in [0.15, 0.2) is 0 Å². The van der Waals surface area contributed by atoms with Crippen LogP contribution in [-0.2, 0) is 4.79 Å². The molecule has 1 atom stereocenters. The first-order chi connectivity index (χ1) is 4.68. The third kappa shape index (κ3) is 4.64. The van der Waals surface area contributed by atoms with Crippen molar-refractivity contribution in [3.63, 3.8) is 0 Å². The van der Waals surface area contributed by atoms with E-state index in [1.54, 1.807) is 11.8 Å². The maximum absolute atomic E-state index is 10.1. The van der Waals surface area contributed by atoms with Crippen LogP contribution in [0.1, 0.15) is 13.3 Å². The lowest BCUT2D eigenvalue weighted by Gasteiger charge is -2.07. The summed E-state index contributed by atoms with van der Waals surface area (Å²) < 4.78 is 0. The minimum atomic E-state index is -1.05. The van der Waals surface area contributed by atoms with E-state index >= 15 is 0 Å². The Morgan fingerprint density at radius 2 is 2.40 bits per heavy atom. The molecule has 10 heavy (non-hydrogen) atoms. The predicted octanol–water partition coefficient (Wildman–Crippen LogP) is -1.51. The number of carboxylic acids is 1. The van der Waals surface area contributed by atoms with Gasteiger partial charge in [-0.05, 0) is 12.2 Å². The van der Waals surface area contributed by atoms with Crippen molar-refractivity contribution in [2.24, 2.45) is 0 Å². The number of thioether (sulfide) groups is 1. The van der Waals surface area contributed by atoms with Crippen LogP contribution in [0, 0.1) is 0 Å². The Hall–Kier alpha value is -0.220. The van der Waals surface area contributed by atoms with Crippen molar-refractivity contribution < 1.29 is 15.6 Å². The smallest absolute Gasteiger partial charge is 0.134 e. The van der Waals surface area contributed by atoms with Gasteiger partial charge >= 0.3 is 0 Å². The highest BCUT2D eigenvalue weighted by Crippen LogP contribution is 2.01. The van der Waals surface area contributed by atoms with Crippen molar-refractivity contribution in [3.05, 3.63) is 0 Å². The second-order valence-electron chi connectivity index (χ2n) is 2.09. The quantitative estimate of drug-likeness (QED) is 0.501. The zero-order valence-electron chi connectivity index (χ0n) is 6.13. The van der Waals surface area contributed by atoms with Crippen molar-refractivity contribution in [2.45, 2.75) is 19.4 Å². The molecule has 0 aromatic carbocycles. The largest absolute Gasteiger partial charge is 0.544 e. The summed E-state index contributed by atoms with van der Waals surface area (Å²) >= 11 is 1.61. The SMILES string of the molecule is CCCSC[C@H]([NH3+])C(=O)[O-]. The highest BCUT2D eigenvalue weighted by Gasteiger charge is 2.05. The number of hydrogen-bond acceptors (Lipinski definition) is 3. The first kappa shape index (κ1) is 9.78. The summed E-state index contributed by atoms with van der Waals surface area (Å²) in [6, 6.07) is -0.559. The second-order valence-corrected chi connectivity index (χ2v) is 3.24. The third-order valence-corrected chi connectivity index (χ3v) is 2.34. The lowest BCUT2D eigenvalue weighted by molar-refractivity contribution is -0.431. The Labute approximate surface area is 65.0 Å². The molecule has 0 bridgehead atoms. The van der Waals surface area contributed by atoms with Gasteiger partial charge in [0, 0.05) is 0 Å². The molecule has 60 valence electrons. The number of carbonyl (C=O) groups is 1. The Kier molecular flexibility index (Phi) is 5.43. The van der Waals surface area contributed by atoms with E-state index in [0.717, 1.165) is 12.2 Å². The van der Waals surface area contributed by atoms with E-state index in [4.69, 9.17) is 0 Å². The number of quaternary nitrogens is 1. The number of aliphatic carboxylic acids is 1. The lowest BCUT2D eigenvalue weighted by atomic mass is 10.4. The molecule has 0 aliphatic rings. The minimum absolute atomic E-state index is 0.559. The Bertz CT molecular complexity index is 108. The first-order valence-electron chi connectivity index (χ1n) is 3.30. The first-order valence-corrected chi connectivity index (χ1v) is 4.45. The Balaban J connectivity index is 3.21. The van der Waals surface area contributed by atoms with Crippen LogP contribution in [0.4, 0.5) is 0 Å². The summed E-state index contributed by atoms with van der Waals surface area (Å²) in [5.41, 5.74) is 3.43. The molecule has 0 aliphatic carbocycles. The van der Waals surface area contributed by atoms with Crippen LogP contribution < -0.4 is 10.8 Å². The maximum atomic E-state index is 10.1. The van der Waals surface area contributed by atoms with Gasteiger partial charge in [-0.1, -0.05) is 6.92 Å². The van der Waals surface area contributed by atoms with Gasteiger partial charge in [0.2, 0.25) is 0 Å². The van der Waals surface area contributed by atoms with Gasteiger partial charge in [0.25, 0.3) is 0 Å². The Morgan fingerprint density at radius 1 is 1.80 bits per heavy atom. The topological polar surface area (TPSA) is 67.8 Å². The molecular formula is C6H13NO2S. The summed E-state index contributed by atoms with van der Waals surface area (Å²) in [6.45, 7) is 2.06. The zero-order valence-corrected chi connectivity index (χ0v) is 6.95. The monoisotopic (exact) mass is 163 g/mol. The van der Waals surface area contributed by atoms with E-state index in [2.05, 4.69) is 12.7 Å². The van der Waals surface area contributed by atoms with Gasteiger partial charge in [-0.2, -0.15) is 11.8 Å². The molecule has 0 aromatic heterocycles. The van der Waals surface area contributed by atoms with Crippen LogP contribution in [0.3, 0.4) is 0 Å². The normalized spacial score (nSPS) is 13.0. The number of rotatable bonds is 5. The van der Waals surface area contributed by atoms with E-state index < -0.39 is 12.0 Å². The van der Waals surface area contributed by atoms with Gasteiger partial charge in [-0.15, -0.1) is 0 Å². The molecule has 0 spiro atoms. The molecule has 0 radical (unpaired) electrons. The molecular weight excluding hydrogens is 150 g/mol. The fraction of sp³-hybridized carbons (Fsp3) is 0.833. The summed E-state index contributed by atoms with van der Waals surface area (Å²) in [5.74, 6) is 0.513. The highest BCUT2D eigenvalue weighted by atomic mass is 32.2. The second kappa shape index (κ2) is 5.56. The van der Waals surface area contributed by atoms with Gasteiger partial charge < -0.3 is 15.6 Å². The standard InChI is InChI=1S/C6H13NO2S/c1-2-3-10-4-5(7)6(8)9/h5H,2-4,7H2,1H3,(H,8,9)/t5-/m0/s1. The molecule has 0 heterocycles. The van der Waals surface area contributed by atoms with Crippen LogP contribution in [-0.4, -0.2) is 23.5 Å². The van der Waals surface area contributed by atoms with Crippen molar-refractivity contribution in [1.29, 1.82) is 0 Å².